The quantitative estimate of drug-likeness (QED) is 0.728. The molecule has 0 saturated carbocycles. The molecule has 1 unspecified atom stereocenters. The number of nitrogens with two attached hydrogens (primary N) is 1. The second kappa shape index (κ2) is 5.45. The number of nitrogens with zero attached hydrogens (tertiary/aromatic N) is 2. The van der Waals surface area contributed by atoms with Gasteiger partial charge in [0.1, 0.15) is 0 Å². The van der Waals surface area contributed by atoms with Crippen LogP contribution in [0.2, 0.25) is 0 Å². The lowest BCUT2D eigenvalue weighted by molar-refractivity contribution is 0.0290. The minimum Gasteiger partial charge on any atom is -0.381 e. The molecule has 2 aliphatic heterocycles. The number of likely N-dealkylation sites (N-methyl/N-ethyl adjacent to an activating group) is 1. The zero-order chi connectivity index (χ0) is 11.4. The van der Waals surface area contributed by atoms with Gasteiger partial charge in [-0.1, -0.05) is 0 Å². The second-order valence-electron chi connectivity index (χ2n) is 5.18. The molecule has 0 bridgehead atoms. The van der Waals surface area contributed by atoms with E-state index in [2.05, 4.69) is 16.8 Å². The van der Waals surface area contributed by atoms with Crippen molar-refractivity contribution in [3.05, 3.63) is 0 Å². The van der Waals surface area contributed by atoms with E-state index in [0.29, 0.717) is 0 Å². The van der Waals surface area contributed by atoms with Crippen LogP contribution in [0.1, 0.15) is 19.3 Å². The van der Waals surface area contributed by atoms with Crippen LogP contribution < -0.4 is 5.73 Å². The van der Waals surface area contributed by atoms with Crippen LogP contribution in [0.4, 0.5) is 0 Å². The molecular weight excluding hydrogens is 202 g/mol. The normalized spacial score (nSPS) is 34.9. The fraction of sp³-hybridized carbons (Fsp3) is 1.00. The number of piperazine rings is 1. The molecule has 2 heterocycles. The smallest absolute Gasteiger partial charge is 0.0484 e. The molecule has 2 N–H and O–H groups in total. The molecule has 2 saturated heterocycles. The van der Waals surface area contributed by atoms with Gasteiger partial charge in [0.05, 0.1) is 0 Å². The van der Waals surface area contributed by atoms with Crippen LogP contribution in [0.25, 0.3) is 0 Å². The summed E-state index contributed by atoms with van der Waals surface area (Å²) in [4.78, 5) is 5.01. The minimum absolute atomic E-state index is 0.220. The summed E-state index contributed by atoms with van der Waals surface area (Å²) in [5.41, 5.74) is 6.28. The van der Waals surface area contributed by atoms with Crippen LogP contribution in [0.15, 0.2) is 0 Å². The first kappa shape index (κ1) is 12.3. The van der Waals surface area contributed by atoms with E-state index in [1.807, 2.05) is 0 Å². The second-order valence-corrected chi connectivity index (χ2v) is 5.18. The number of rotatable bonds is 2. The van der Waals surface area contributed by atoms with Gasteiger partial charge in [-0.3, -0.25) is 4.90 Å². The van der Waals surface area contributed by atoms with E-state index in [9.17, 15) is 0 Å². The predicted molar refractivity (Wildman–Crippen MR) is 65.5 cm³/mol. The average Bonchev–Trinajstić information content (AvgIpc) is 2.56. The summed E-state index contributed by atoms with van der Waals surface area (Å²) in [5.74, 6) is 0. The van der Waals surface area contributed by atoms with E-state index >= 15 is 0 Å². The topological polar surface area (TPSA) is 41.7 Å². The van der Waals surface area contributed by atoms with Gasteiger partial charge in [-0.05, 0) is 26.3 Å². The van der Waals surface area contributed by atoms with Gasteiger partial charge in [-0.15, -0.1) is 0 Å². The highest BCUT2D eigenvalue weighted by molar-refractivity contribution is 4.94. The van der Waals surface area contributed by atoms with Crippen molar-refractivity contribution in [2.24, 2.45) is 5.73 Å². The Morgan fingerprint density at radius 1 is 1.12 bits per heavy atom. The Kier molecular flexibility index (Phi) is 4.19. The van der Waals surface area contributed by atoms with Crippen molar-refractivity contribution >= 4 is 0 Å². The molecule has 0 aromatic carbocycles. The van der Waals surface area contributed by atoms with Crippen LogP contribution >= 0.6 is 0 Å². The van der Waals surface area contributed by atoms with Crippen molar-refractivity contribution in [1.82, 2.24) is 9.80 Å². The van der Waals surface area contributed by atoms with Gasteiger partial charge in [-0.25, -0.2) is 0 Å². The van der Waals surface area contributed by atoms with E-state index < -0.39 is 0 Å². The van der Waals surface area contributed by atoms with Crippen LogP contribution in [0.3, 0.4) is 0 Å². The van der Waals surface area contributed by atoms with Gasteiger partial charge in [-0.2, -0.15) is 0 Å². The third kappa shape index (κ3) is 2.56. The molecule has 1 atom stereocenters. The molecule has 0 aromatic rings. The molecule has 0 aromatic heterocycles. The van der Waals surface area contributed by atoms with Gasteiger partial charge in [0.25, 0.3) is 0 Å². The van der Waals surface area contributed by atoms with E-state index in [1.165, 1.54) is 19.5 Å². The van der Waals surface area contributed by atoms with Crippen LogP contribution in [-0.2, 0) is 4.74 Å². The van der Waals surface area contributed by atoms with E-state index in [4.69, 9.17) is 10.5 Å². The molecule has 2 aliphatic rings. The Labute approximate surface area is 98.7 Å². The Morgan fingerprint density at radius 2 is 1.88 bits per heavy atom. The first-order valence-corrected chi connectivity index (χ1v) is 6.48. The van der Waals surface area contributed by atoms with Crippen molar-refractivity contribution in [2.75, 3.05) is 53.0 Å². The summed E-state index contributed by atoms with van der Waals surface area (Å²) in [6.45, 7) is 7.23. The lowest BCUT2D eigenvalue weighted by Crippen LogP contribution is -2.59. The third-order valence-electron chi connectivity index (χ3n) is 4.20. The molecule has 0 aliphatic carbocycles. The van der Waals surface area contributed by atoms with Crippen LogP contribution in [0.5, 0.6) is 0 Å². The van der Waals surface area contributed by atoms with Crippen molar-refractivity contribution in [3.63, 3.8) is 0 Å². The SMILES string of the molecule is CN1CCN(C2(CN)CCCOCC2)CC1. The first-order chi connectivity index (χ1) is 7.77. The van der Waals surface area contributed by atoms with E-state index in [1.54, 1.807) is 0 Å². The Hall–Kier alpha value is -0.160. The highest BCUT2D eigenvalue weighted by atomic mass is 16.5. The van der Waals surface area contributed by atoms with Gasteiger partial charge in [0, 0.05) is 51.5 Å². The van der Waals surface area contributed by atoms with Crippen molar-refractivity contribution in [2.45, 2.75) is 24.8 Å². The molecule has 16 heavy (non-hydrogen) atoms. The summed E-state index contributed by atoms with van der Waals surface area (Å²) in [7, 11) is 2.20. The molecule has 0 amide bonds. The standard InChI is InChI=1S/C12H25N3O/c1-14-5-7-15(8-6-14)12(11-13)3-2-9-16-10-4-12/h2-11,13H2,1H3. The lowest BCUT2D eigenvalue weighted by atomic mass is 9.88. The van der Waals surface area contributed by atoms with Gasteiger partial charge in [0.2, 0.25) is 0 Å². The third-order valence-corrected chi connectivity index (χ3v) is 4.20. The lowest BCUT2D eigenvalue weighted by Gasteiger charge is -2.46. The maximum Gasteiger partial charge on any atom is 0.0484 e. The van der Waals surface area contributed by atoms with Gasteiger partial charge >= 0.3 is 0 Å². The van der Waals surface area contributed by atoms with Crippen LogP contribution in [0, 0.1) is 0 Å². The zero-order valence-corrected chi connectivity index (χ0v) is 10.5. The van der Waals surface area contributed by atoms with Gasteiger partial charge in [0.15, 0.2) is 0 Å². The Balaban J connectivity index is 2.01. The summed E-state index contributed by atoms with van der Waals surface area (Å²) in [5, 5.41) is 0. The summed E-state index contributed by atoms with van der Waals surface area (Å²) < 4.78 is 5.57. The highest BCUT2D eigenvalue weighted by Crippen LogP contribution is 2.28. The fourth-order valence-corrected chi connectivity index (χ4v) is 2.92. The number of ether oxygens (including phenoxy) is 1. The average molecular weight is 227 g/mol. The maximum absolute atomic E-state index is 6.06. The predicted octanol–water partition coefficient (Wildman–Crippen LogP) is 0.132. The summed E-state index contributed by atoms with van der Waals surface area (Å²) in [6.07, 6.45) is 3.46. The molecule has 94 valence electrons. The molecular formula is C12H25N3O. The number of hydrogen-bond donors (Lipinski definition) is 1. The maximum atomic E-state index is 6.06. The monoisotopic (exact) mass is 227 g/mol. The largest absolute Gasteiger partial charge is 0.381 e. The van der Waals surface area contributed by atoms with E-state index in [0.717, 1.165) is 45.7 Å². The summed E-state index contributed by atoms with van der Waals surface area (Å²) in [6, 6.07) is 0. The number of hydrogen-bond acceptors (Lipinski definition) is 4. The zero-order valence-electron chi connectivity index (χ0n) is 10.5. The Morgan fingerprint density at radius 3 is 2.56 bits per heavy atom. The molecule has 0 radical (unpaired) electrons. The highest BCUT2D eigenvalue weighted by Gasteiger charge is 2.37. The molecule has 2 fully saturated rings. The molecule has 4 heteroatoms. The molecule has 4 nitrogen and oxygen atoms in total. The molecule has 0 spiro atoms. The summed E-state index contributed by atoms with van der Waals surface area (Å²) >= 11 is 0. The van der Waals surface area contributed by atoms with Crippen LogP contribution in [-0.4, -0.2) is 68.3 Å². The van der Waals surface area contributed by atoms with Crippen molar-refractivity contribution < 1.29 is 4.74 Å². The Bertz CT molecular complexity index is 206. The van der Waals surface area contributed by atoms with Crippen molar-refractivity contribution in [3.8, 4) is 0 Å². The van der Waals surface area contributed by atoms with Crippen molar-refractivity contribution in [1.29, 1.82) is 0 Å². The first-order valence-electron chi connectivity index (χ1n) is 6.48. The molecule has 2 rings (SSSR count). The van der Waals surface area contributed by atoms with E-state index in [-0.39, 0.29) is 5.54 Å². The fourth-order valence-electron chi connectivity index (χ4n) is 2.92. The van der Waals surface area contributed by atoms with Gasteiger partial charge < -0.3 is 15.4 Å². The minimum atomic E-state index is 0.220.